The summed E-state index contributed by atoms with van der Waals surface area (Å²) < 4.78 is 0. The number of rotatable bonds is 6. The molecule has 1 rings (SSSR count). The van der Waals surface area contributed by atoms with E-state index in [-0.39, 0.29) is 11.6 Å². The average Bonchev–Trinajstić information content (AvgIpc) is 2.36. The van der Waals surface area contributed by atoms with Gasteiger partial charge in [-0.05, 0) is 18.6 Å². The lowest BCUT2D eigenvalue weighted by molar-refractivity contribution is -0.383. The Hall–Kier alpha value is -2.11. The molecule has 0 spiro atoms. The molecule has 6 nitrogen and oxygen atoms in total. The molecule has 98 valence electrons. The number of carbonyl (C=O) groups is 1. The maximum Gasteiger partial charge on any atom is 0.294 e. The van der Waals surface area contributed by atoms with Gasteiger partial charge in [0, 0.05) is 24.7 Å². The van der Waals surface area contributed by atoms with Gasteiger partial charge in [-0.3, -0.25) is 14.9 Å². The number of carbonyl (C=O) groups excluding carboxylic acids is 1. The second kappa shape index (κ2) is 6.58. The molecule has 0 bridgehead atoms. The first-order valence-corrected chi connectivity index (χ1v) is 5.90. The Kier molecular flexibility index (Phi) is 5.10. The standard InChI is InChI=1S/C12H17N3O3/c1-3-7-13-10-6-5-9(14-12(16)4-2)8-11(10)15(17)18/h5-6,8,13H,3-4,7H2,1-2H3,(H,14,16). The van der Waals surface area contributed by atoms with Crippen molar-refractivity contribution in [2.24, 2.45) is 0 Å². The van der Waals surface area contributed by atoms with Gasteiger partial charge in [0.2, 0.25) is 5.91 Å². The number of nitro benzene ring substituents is 1. The summed E-state index contributed by atoms with van der Waals surface area (Å²) in [6.45, 7) is 4.37. The number of nitrogens with zero attached hydrogens (tertiary/aromatic N) is 1. The summed E-state index contributed by atoms with van der Waals surface area (Å²) in [4.78, 5) is 21.7. The van der Waals surface area contributed by atoms with Crippen molar-refractivity contribution < 1.29 is 9.72 Å². The molecule has 0 radical (unpaired) electrons. The largest absolute Gasteiger partial charge is 0.380 e. The molecule has 18 heavy (non-hydrogen) atoms. The number of hydrogen-bond acceptors (Lipinski definition) is 4. The van der Waals surface area contributed by atoms with Gasteiger partial charge in [0.25, 0.3) is 5.69 Å². The van der Waals surface area contributed by atoms with Crippen molar-refractivity contribution in [2.75, 3.05) is 17.2 Å². The Balaban J connectivity index is 2.95. The third-order valence-electron chi connectivity index (χ3n) is 2.36. The minimum Gasteiger partial charge on any atom is -0.380 e. The predicted octanol–water partition coefficient (Wildman–Crippen LogP) is 2.77. The number of nitrogens with one attached hydrogen (secondary N) is 2. The van der Waals surface area contributed by atoms with Gasteiger partial charge in [-0.15, -0.1) is 0 Å². The third-order valence-corrected chi connectivity index (χ3v) is 2.36. The Morgan fingerprint density at radius 2 is 2.11 bits per heavy atom. The predicted molar refractivity (Wildman–Crippen MR) is 70.8 cm³/mol. The SMILES string of the molecule is CCCNc1ccc(NC(=O)CC)cc1[N+](=O)[O-]. The fraction of sp³-hybridized carbons (Fsp3) is 0.417. The second-order valence-electron chi connectivity index (χ2n) is 3.82. The molecule has 0 saturated carbocycles. The van der Waals surface area contributed by atoms with Crippen molar-refractivity contribution in [1.82, 2.24) is 0 Å². The van der Waals surface area contributed by atoms with Crippen LogP contribution in [-0.4, -0.2) is 17.4 Å². The first-order valence-electron chi connectivity index (χ1n) is 5.90. The highest BCUT2D eigenvalue weighted by molar-refractivity contribution is 5.91. The molecule has 0 aliphatic rings. The molecular formula is C12H17N3O3. The fourth-order valence-corrected chi connectivity index (χ4v) is 1.42. The van der Waals surface area contributed by atoms with Gasteiger partial charge in [0.15, 0.2) is 0 Å². The lowest BCUT2D eigenvalue weighted by Crippen LogP contribution is -2.10. The van der Waals surface area contributed by atoms with E-state index >= 15 is 0 Å². The highest BCUT2D eigenvalue weighted by atomic mass is 16.6. The Morgan fingerprint density at radius 1 is 1.39 bits per heavy atom. The van der Waals surface area contributed by atoms with Gasteiger partial charge < -0.3 is 10.6 Å². The van der Waals surface area contributed by atoms with Crippen LogP contribution in [0.1, 0.15) is 26.7 Å². The van der Waals surface area contributed by atoms with Crippen LogP contribution in [-0.2, 0) is 4.79 Å². The molecule has 0 aromatic heterocycles. The Bertz CT molecular complexity index is 446. The summed E-state index contributed by atoms with van der Waals surface area (Å²) in [5.41, 5.74) is 0.879. The van der Waals surface area contributed by atoms with Crippen LogP contribution in [0.15, 0.2) is 18.2 Å². The van der Waals surface area contributed by atoms with Crippen LogP contribution in [0, 0.1) is 10.1 Å². The molecule has 0 unspecified atom stereocenters. The molecule has 0 aliphatic carbocycles. The number of anilines is 2. The van der Waals surface area contributed by atoms with Gasteiger partial charge in [0.1, 0.15) is 5.69 Å². The zero-order valence-electron chi connectivity index (χ0n) is 10.5. The van der Waals surface area contributed by atoms with E-state index in [0.29, 0.717) is 24.3 Å². The monoisotopic (exact) mass is 251 g/mol. The third kappa shape index (κ3) is 3.73. The van der Waals surface area contributed by atoms with Gasteiger partial charge in [-0.25, -0.2) is 0 Å². The van der Waals surface area contributed by atoms with E-state index in [1.54, 1.807) is 19.1 Å². The highest BCUT2D eigenvalue weighted by Crippen LogP contribution is 2.27. The summed E-state index contributed by atoms with van der Waals surface area (Å²) >= 11 is 0. The Morgan fingerprint density at radius 3 is 2.67 bits per heavy atom. The van der Waals surface area contributed by atoms with E-state index in [4.69, 9.17) is 0 Å². The van der Waals surface area contributed by atoms with Crippen LogP contribution in [0.4, 0.5) is 17.1 Å². The molecule has 0 saturated heterocycles. The number of nitro groups is 1. The van der Waals surface area contributed by atoms with E-state index in [2.05, 4.69) is 10.6 Å². The van der Waals surface area contributed by atoms with Crippen LogP contribution < -0.4 is 10.6 Å². The molecule has 0 heterocycles. The zero-order valence-corrected chi connectivity index (χ0v) is 10.5. The van der Waals surface area contributed by atoms with Crippen molar-refractivity contribution in [3.8, 4) is 0 Å². The van der Waals surface area contributed by atoms with Crippen LogP contribution in [0.5, 0.6) is 0 Å². The van der Waals surface area contributed by atoms with Crippen LogP contribution in [0.3, 0.4) is 0 Å². The van der Waals surface area contributed by atoms with Crippen molar-refractivity contribution in [2.45, 2.75) is 26.7 Å². The number of benzene rings is 1. The van der Waals surface area contributed by atoms with Crippen molar-refractivity contribution in [3.63, 3.8) is 0 Å². The summed E-state index contributed by atoms with van der Waals surface area (Å²) in [5, 5.41) is 16.5. The lowest BCUT2D eigenvalue weighted by atomic mass is 10.2. The van der Waals surface area contributed by atoms with E-state index in [0.717, 1.165) is 6.42 Å². The Labute approximate surface area is 106 Å². The zero-order chi connectivity index (χ0) is 13.5. The maximum atomic E-state index is 11.2. The highest BCUT2D eigenvalue weighted by Gasteiger charge is 2.14. The van der Waals surface area contributed by atoms with E-state index in [1.165, 1.54) is 6.07 Å². The van der Waals surface area contributed by atoms with Crippen molar-refractivity contribution in [1.29, 1.82) is 0 Å². The smallest absolute Gasteiger partial charge is 0.294 e. The molecule has 0 atom stereocenters. The molecule has 1 aromatic carbocycles. The first kappa shape index (κ1) is 14.0. The van der Waals surface area contributed by atoms with Crippen LogP contribution in [0.2, 0.25) is 0 Å². The molecule has 0 fully saturated rings. The minimum absolute atomic E-state index is 0.0302. The quantitative estimate of drug-likeness (QED) is 0.601. The lowest BCUT2D eigenvalue weighted by Gasteiger charge is -2.08. The molecule has 1 aromatic rings. The molecular weight excluding hydrogens is 234 g/mol. The number of amides is 1. The van der Waals surface area contributed by atoms with Gasteiger partial charge in [-0.2, -0.15) is 0 Å². The summed E-state index contributed by atoms with van der Waals surface area (Å²) in [6, 6.07) is 4.63. The molecule has 6 heteroatoms. The van der Waals surface area contributed by atoms with Gasteiger partial charge >= 0.3 is 0 Å². The normalized spacial score (nSPS) is 9.89. The molecule has 1 amide bonds. The first-order chi connectivity index (χ1) is 8.58. The van der Waals surface area contributed by atoms with Gasteiger partial charge in [-0.1, -0.05) is 13.8 Å². The fourth-order valence-electron chi connectivity index (χ4n) is 1.42. The summed E-state index contributed by atoms with van der Waals surface area (Å²) in [7, 11) is 0. The molecule has 0 aliphatic heterocycles. The van der Waals surface area contributed by atoms with Crippen LogP contribution >= 0.6 is 0 Å². The molecule has 2 N–H and O–H groups in total. The van der Waals surface area contributed by atoms with Gasteiger partial charge in [0.05, 0.1) is 4.92 Å². The van der Waals surface area contributed by atoms with Crippen molar-refractivity contribution >= 4 is 23.0 Å². The van der Waals surface area contributed by atoms with E-state index in [1.807, 2.05) is 6.92 Å². The second-order valence-corrected chi connectivity index (χ2v) is 3.82. The maximum absolute atomic E-state index is 11.2. The van der Waals surface area contributed by atoms with E-state index < -0.39 is 4.92 Å². The average molecular weight is 251 g/mol. The summed E-state index contributed by atoms with van der Waals surface area (Å²) in [5.74, 6) is -0.168. The minimum atomic E-state index is -0.459. The van der Waals surface area contributed by atoms with Crippen molar-refractivity contribution in [3.05, 3.63) is 28.3 Å². The topological polar surface area (TPSA) is 84.3 Å². The summed E-state index contributed by atoms with van der Waals surface area (Å²) in [6.07, 6.45) is 1.22. The van der Waals surface area contributed by atoms with E-state index in [9.17, 15) is 14.9 Å². The van der Waals surface area contributed by atoms with Crippen LogP contribution in [0.25, 0.3) is 0 Å². The number of hydrogen-bond donors (Lipinski definition) is 2.